The van der Waals surface area contributed by atoms with Crippen LogP contribution in [0.4, 0.5) is 4.39 Å². The molecular formula is C30H24BrFO3S. The lowest BCUT2D eigenvalue weighted by Gasteiger charge is -2.18. The van der Waals surface area contributed by atoms with Crippen molar-refractivity contribution in [2.24, 2.45) is 0 Å². The molecule has 0 bridgehead atoms. The van der Waals surface area contributed by atoms with Crippen LogP contribution in [0.2, 0.25) is 0 Å². The Morgan fingerprint density at radius 2 is 1.69 bits per heavy atom. The topological polar surface area (TPSA) is 35.5 Å². The van der Waals surface area contributed by atoms with Gasteiger partial charge in [0.1, 0.15) is 0 Å². The van der Waals surface area contributed by atoms with Crippen LogP contribution in [0, 0.1) is 19.7 Å². The number of carbonyl (C=O) groups is 1. The Kier molecular flexibility index (Phi) is 6.82. The molecule has 0 N–H and O–H groups in total. The van der Waals surface area contributed by atoms with E-state index in [1.165, 1.54) is 23.6 Å². The number of hydrogen-bond donors (Lipinski definition) is 0. The second kappa shape index (κ2) is 10.0. The van der Waals surface area contributed by atoms with E-state index in [-0.39, 0.29) is 12.2 Å². The number of halogens is 2. The van der Waals surface area contributed by atoms with Gasteiger partial charge in [0.2, 0.25) is 0 Å². The van der Waals surface area contributed by atoms with Crippen molar-refractivity contribution < 1.29 is 18.7 Å². The highest BCUT2D eigenvalue weighted by Gasteiger charge is 2.24. The number of methoxy groups -OCH3 is 1. The predicted molar refractivity (Wildman–Crippen MR) is 148 cm³/mol. The summed E-state index contributed by atoms with van der Waals surface area (Å²) in [5.74, 6) is -1.06. The molecule has 0 radical (unpaired) electrons. The molecule has 182 valence electrons. The average Bonchev–Trinajstić information content (AvgIpc) is 3.19. The van der Waals surface area contributed by atoms with Gasteiger partial charge in [0, 0.05) is 21.2 Å². The third-order valence-corrected chi connectivity index (χ3v) is 8.80. The van der Waals surface area contributed by atoms with Gasteiger partial charge in [0.05, 0.1) is 11.8 Å². The third-order valence-electron chi connectivity index (χ3n) is 6.49. The molecular weight excluding hydrogens is 539 g/mol. The van der Waals surface area contributed by atoms with Crippen LogP contribution in [-0.4, -0.2) is 19.2 Å². The van der Waals surface area contributed by atoms with Crippen LogP contribution in [0.3, 0.4) is 0 Å². The third kappa shape index (κ3) is 4.40. The summed E-state index contributed by atoms with van der Waals surface area (Å²) in [6.45, 7) is 4.22. The highest BCUT2D eigenvalue weighted by molar-refractivity contribution is 9.11. The summed E-state index contributed by atoms with van der Waals surface area (Å²) in [5, 5.41) is 3.24. The number of thiophene rings is 1. The number of aryl methyl sites for hydroxylation is 2. The van der Waals surface area contributed by atoms with Crippen LogP contribution < -0.4 is 4.74 Å². The number of carbonyl (C=O) groups excluding carboxylic acids is 1. The van der Waals surface area contributed by atoms with Crippen molar-refractivity contribution in [1.82, 2.24) is 0 Å². The van der Waals surface area contributed by atoms with E-state index in [0.29, 0.717) is 0 Å². The number of esters is 1. The fourth-order valence-corrected chi connectivity index (χ4v) is 6.47. The molecule has 5 rings (SSSR count). The van der Waals surface area contributed by atoms with Gasteiger partial charge in [-0.15, -0.1) is 11.3 Å². The Balaban J connectivity index is 1.59. The second-order valence-electron chi connectivity index (χ2n) is 8.69. The monoisotopic (exact) mass is 562 g/mol. The molecule has 0 saturated heterocycles. The molecule has 0 saturated carbocycles. The smallest absolute Gasteiger partial charge is 0.347 e. The molecule has 36 heavy (non-hydrogen) atoms. The van der Waals surface area contributed by atoms with Gasteiger partial charge in [-0.1, -0.05) is 60.7 Å². The van der Waals surface area contributed by atoms with Gasteiger partial charge < -0.3 is 9.47 Å². The normalized spacial score (nSPS) is 12.1. The summed E-state index contributed by atoms with van der Waals surface area (Å²) in [6.07, 6.45) is -0.681. The number of rotatable bonds is 6. The van der Waals surface area contributed by atoms with Crippen LogP contribution in [0.1, 0.15) is 16.0 Å². The molecule has 0 aliphatic heterocycles. The SMILES string of the molecule is COC(=O)[C@@H](Cc1ccccc1)Oc1ccc(-c2c3ccccc3c(Br)c3sc(C)c(C)c23)cc1F. The van der Waals surface area contributed by atoms with E-state index in [4.69, 9.17) is 9.47 Å². The minimum atomic E-state index is -0.959. The van der Waals surface area contributed by atoms with Crippen LogP contribution in [0.5, 0.6) is 5.75 Å². The summed E-state index contributed by atoms with van der Waals surface area (Å²) < 4.78 is 28.5. The molecule has 0 spiro atoms. The molecule has 1 heterocycles. The standard InChI is InChI=1S/C30H24BrFO3S/c1-17-18(2)36-29-26(17)27(21-11-7-8-12-22(21)28(29)31)20-13-14-24(23(32)16-20)35-25(30(33)34-3)15-19-9-5-4-6-10-19/h4-14,16,25H,15H2,1-3H3/t25-/m1/s1. The van der Waals surface area contributed by atoms with Gasteiger partial charge >= 0.3 is 5.97 Å². The first-order chi connectivity index (χ1) is 17.4. The maximum atomic E-state index is 15.5. The largest absolute Gasteiger partial charge is 0.475 e. The molecule has 6 heteroatoms. The lowest BCUT2D eigenvalue weighted by Crippen LogP contribution is -2.31. The van der Waals surface area contributed by atoms with Crippen LogP contribution in [0.25, 0.3) is 32.0 Å². The van der Waals surface area contributed by atoms with E-state index >= 15 is 4.39 Å². The van der Waals surface area contributed by atoms with Gasteiger partial charge in [-0.05, 0) is 74.9 Å². The summed E-state index contributed by atoms with van der Waals surface area (Å²) in [4.78, 5) is 13.6. The summed E-state index contributed by atoms with van der Waals surface area (Å²) in [6, 6.07) is 22.6. The summed E-state index contributed by atoms with van der Waals surface area (Å²) in [7, 11) is 1.30. The van der Waals surface area contributed by atoms with E-state index in [0.717, 1.165) is 42.0 Å². The molecule has 0 aliphatic rings. The van der Waals surface area contributed by atoms with Crippen molar-refractivity contribution >= 4 is 54.1 Å². The van der Waals surface area contributed by atoms with Crippen LogP contribution in [0.15, 0.2) is 77.3 Å². The molecule has 0 fully saturated rings. The molecule has 1 atom stereocenters. The molecule has 4 aromatic carbocycles. The van der Waals surface area contributed by atoms with Gasteiger partial charge in [-0.3, -0.25) is 0 Å². The Hall–Kier alpha value is -3.22. The van der Waals surface area contributed by atoms with E-state index < -0.39 is 17.9 Å². The van der Waals surface area contributed by atoms with Crippen molar-refractivity contribution in [3.8, 4) is 16.9 Å². The molecule has 0 amide bonds. The zero-order chi connectivity index (χ0) is 25.4. The van der Waals surface area contributed by atoms with Crippen molar-refractivity contribution in [2.45, 2.75) is 26.4 Å². The van der Waals surface area contributed by atoms with Gasteiger partial charge in [-0.25, -0.2) is 9.18 Å². The molecule has 0 unspecified atom stereocenters. The van der Waals surface area contributed by atoms with Crippen molar-refractivity contribution in [3.63, 3.8) is 0 Å². The lowest BCUT2D eigenvalue weighted by atomic mass is 9.93. The molecule has 5 aromatic rings. The predicted octanol–water partition coefficient (Wildman–Crippen LogP) is 8.40. The Morgan fingerprint density at radius 1 is 1.00 bits per heavy atom. The van der Waals surface area contributed by atoms with Crippen LogP contribution >= 0.6 is 27.3 Å². The fourth-order valence-electron chi connectivity index (χ4n) is 4.57. The average molecular weight is 563 g/mol. The van der Waals surface area contributed by atoms with Gasteiger partial charge in [0.25, 0.3) is 0 Å². The number of benzene rings is 4. The van der Waals surface area contributed by atoms with Crippen molar-refractivity contribution in [3.05, 3.63) is 99.1 Å². The van der Waals surface area contributed by atoms with E-state index in [9.17, 15) is 4.79 Å². The highest BCUT2D eigenvalue weighted by Crippen LogP contribution is 2.47. The van der Waals surface area contributed by atoms with Crippen molar-refractivity contribution in [2.75, 3.05) is 7.11 Å². The van der Waals surface area contributed by atoms with Crippen LogP contribution in [-0.2, 0) is 16.0 Å². The maximum Gasteiger partial charge on any atom is 0.347 e. The first-order valence-electron chi connectivity index (χ1n) is 11.6. The first-order valence-corrected chi connectivity index (χ1v) is 13.2. The van der Waals surface area contributed by atoms with Gasteiger partial charge in [0.15, 0.2) is 17.7 Å². The van der Waals surface area contributed by atoms with E-state index in [1.807, 2.05) is 48.5 Å². The quantitative estimate of drug-likeness (QED) is 0.195. The molecule has 1 aromatic heterocycles. The Morgan fingerprint density at radius 3 is 2.39 bits per heavy atom. The zero-order valence-electron chi connectivity index (χ0n) is 20.1. The fraction of sp³-hybridized carbons (Fsp3) is 0.167. The summed E-state index contributed by atoms with van der Waals surface area (Å²) in [5.41, 5.74) is 3.83. The lowest BCUT2D eigenvalue weighted by molar-refractivity contribution is -0.148. The number of fused-ring (bicyclic) bond motifs is 2. The summed E-state index contributed by atoms with van der Waals surface area (Å²) >= 11 is 5.54. The Bertz CT molecular complexity index is 1590. The van der Waals surface area contributed by atoms with E-state index in [2.05, 4.69) is 41.9 Å². The second-order valence-corrected chi connectivity index (χ2v) is 10.7. The Labute approximate surface area is 221 Å². The number of hydrogen-bond acceptors (Lipinski definition) is 4. The highest BCUT2D eigenvalue weighted by atomic mass is 79.9. The van der Waals surface area contributed by atoms with E-state index in [1.54, 1.807) is 17.4 Å². The molecule has 0 aliphatic carbocycles. The maximum absolute atomic E-state index is 15.5. The van der Waals surface area contributed by atoms with Crippen molar-refractivity contribution in [1.29, 1.82) is 0 Å². The minimum absolute atomic E-state index is 0.0148. The zero-order valence-corrected chi connectivity index (χ0v) is 22.5. The molecule has 3 nitrogen and oxygen atoms in total. The first kappa shape index (κ1) is 24.5. The minimum Gasteiger partial charge on any atom is -0.475 e. The van der Waals surface area contributed by atoms with Gasteiger partial charge in [-0.2, -0.15) is 0 Å². The number of ether oxygens (including phenoxy) is 2.